The van der Waals surface area contributed by atoms with Crippen molar-refractivity contribution in [2.75, 3.05) is 0 Å². The Bertz CT molecular complexity index is 27.0. The third-order valence-electron chi connectivity index (χ3n) is 0.986. The van der Waals surface area contributed by atoms with E-state index < -0.39 is 0 Å². The lowest BCUT2D eigenvalue weighted by Crippen LogP contribution is -2.05. The smallest absolute Gasteiger partial charge is 0.0168 e. The molecule has 0 unspecified atom stereocenters. The second-order valence-corrected chi connectivity index (χ2v) is 1.76. The predicted octanol–water partition coefficient (Wildman–Crippen LogP) is 1.50. The van der Waals surface area contributed by atoms with E-state index >= 15 is 0 Å². The van der Waals surface area contributed by atoms with E-state index in [4.69, 9.17) is 0 Å². The first kappa shape index (κ1) is 3.20. The Morgan fingerprint density at radius 2 is 2.00 bits per heavy atom. The summed E-state index contributed by atoms with van der Waals surface area (Å²) in [5.41, 5.74) is 0. The molecule has 2 radical (unpaired) electrons. The maximum absolute atomic E-state index is 3.16. The van der Waals surface area contributed by atoms with Crippen LogP contribution in [0.1, 0.15) is 19.8 Å². The highest BCUT2D eigenvalue weighted by Gasteiger charge is 2.10. The molecule has 0 bridgehead atoms. The first-order chi connectivity index (χ1) is 2.39. The topological polar surface area (TPSA) is 0 Å². The van der Waals surface area contributed by atoms with Gasteiger partial charge in [-0.3, -0.25) is 0 Å². The zero-order chi connectivity index (χ0) is 3.70. The van der Waals surface area contributed by atoms with Gasteiger partial charge in [-0.1, -0.05) is 6.92 Å². The molecule has 0 heteroatoms. The van der Waals surface area contributed by atoms with Crippen LogP contribution in [0.3, 0.4) is 0 Å². The fraction of sp³-hybridized carbons (Fsp3) is 0.800. The van der Waals surface area contributed by atoms with Crippen LogP contribution in [-0.4, -0.2) is 0 Å². The summed E-state index contributed by atoms with van der Waals surface area (Å²) in [5, 5.41) is 0. The molecule has 0 aromatic heterocycles. The molecule has 0 amide bonds. The van der Waals surface area contributed by atoms with Crippen molar-refractivity contribution in [3.63, 3.8) is 0 Å². The van der Waals surface area contributed by atoms with Crippen molar-refractivity contribution in [2.45, 2.75) is 19.8 Å². The summed E-state index contributed by atoms with van der Waals surface area (Å²) >= 11 is 0. The second-order valence-electron chi connectivity index (χ2n) is 1.76. The van der Waals surface area contributed by atoms with E-state index in [0.29, 0.717) is 0 Å². The predicted molar refractivity (Wildman–Crippen MR) is 21.6 cm³/mol. The fourth-order valence-corrected chi connectivity index (χ4v) is 0.433. The Morgan fingerprint density at radius 1 is 1.60 bits per heavy atom. The molecule has 1 aliphatic carbocycles. The lowest BCUT2D eigenvalue weighted by atomic mass is 9.88. The van der Waals surface area contributed by atoms with E-state index in [1.54, 1.807) is 0 Å². The van der Waals surface area contributed by atoms with Gasteiger partial charge in [0.2, 0.25) is 0 Å². The number of rotatable bonds is 0. The molecular formula is C5H8. The van der Waals surface area contributed by atoms with Crippen molar-refractivity contribution in [2.24, 2.45) is 5.92 Å². The maximum atomic E-state index is 3.16. The average Bonchev–Trinajstić information content (AvgIpc) is 1.30. The summed E-state index contributed by atoms with van der Waals surface area (Å²) in [6, 6.07) is 0. The van der Waals surface area contributed by atoms with E-state index in [1.807, 2.05) is 0 Å². The monoisotopic (exact) mass is 68.1 g/mol. The summed E-state index contributed by atoms with van der Waals surface area (Å²) in [5.74, 6) is 0.954. The van der Waals surface area contributed by atoms with E-state index in [1.165, 1.54) is 12.8 Å². The third-order valence-corrected chi connectivity index (χ3v) is 0.986. The van der Waals surface area contributed by atoms with Gasteiger partial charge in [0.25, 0.3) is 0 Å². The standard InChI is InChI=1S/C5H8/c1-5-3-2-4-5/h5H,3-4H2,1H3. The Labute approximate surface area is 33.2 Å². The van der Waals surface area contributed by atoms with Crippen LogP contribution < -0.4 is 0 Å². The Hall–Kier alpha value is 0. The van der Waals surface area contributed by atoms with Gasteiger partial charge in [0, 0.05) is 0 Å². The quantitative estimate of drug-likeness (QED) is 0.403. The first-order valence-electron chi connectivity index (χ1n) is 2.10. The van der Waals surface area contributed by atoms with Gasteiger partial charge in [-0.2, -0.15) is 0 Å². The summed E-state index contributed by atoms with van der Waals surface area (Å²) in [6.07, 6.45) is 5.63. The molecule has 1 rings (SSSR count). The highest BCUT2D eigenvalue weighted by Crippen LogP contribution is 2.23. The molecule has 0 aromatic rings. The van der Waals surface area contributed by atoms with E-state index in [0.717, 1.165) is 5.92 Å². The Morgan fingerprint density at radius 3 is 2.00 bits per heavy atom. The SMILES string of the molecule is CC1C[C]C1. The fourth-order valence-electron chi connectivity index (χ4n) is 0.433. The molecule has 0 aliphatic heterocycles. The first-order valence-corrected chi connectivity index (χ1v) is 2.10. The summed E-state index contributed by atoms with van der Waals surface area (Å²) < 4.78 is 0. The second kappa shape index (κ2) is 1.00. The molecule has 0 atom stereocenters. The van der Waals surface area contributed by atoms with Gasteiger partial charge >= 0.3 is 0 Å². The van der Waals surface area contributed by atoms with E-state index in [-0.39, 0.29) is 0 Å². The van der Waals surface area contributed by atoms with Crippen LogP contribution in [0, 0.1) is 12.3 Å². The van der Waals surface area contributed by atoms with E-state index in [9.17, 15) is 0 Å². The van der Waals surface area contributed by atoms with Gasteiger partial charge in [0.1, 0.15) is 0 Å². The molecule has 0 heterocycles. The van der Waals surface area contributed by atoms with E-state index in [2.05, 4.69) is 13.3 Å². The van der Waals surface area contributed by atoms with Crippen LogP contribution in [0.2, 0.25) is 0 Å². The summed E-state index contributed by atoms with van der Waals surface area (Å²) in [4.78, 5) is 0. The van der Waals surface area contributed by atoms with Gasteiger partial charge in [0.15, 0.2) is 0 Å². The van der Waals surface area contributed by atoms with Crippen LogP contribution in [0.4, 0.5) is 0 Å². The Balaban J connectivity index is 2.08. The van der Waals surface area contributed by atoms with Crippen LogP contribution in [0.5, 0.6) is 0 Å². The van der Waals surface area contributed by atoms with Gasteiger partial charge in [-0.15, -0.1) is 0 Å². The molecule has 0 saturated heterocycles. The molecule has 0 N–H and O–H groups in total. The third kappa shape index (κ3) is 0.444. The maximum Gasteiger partial charge on any atom is -0.0168 e. The summed E-state index contributed by atoms with van der Waals surface area (Å²) in [6.45, 7) is 2.25. The van der Waals surface area contributed by atoms with Crippen molar-refractivity contribution >= 4 is 0 Å². The molecule has 0 aromatic carbocycles. The largest absolute Gasteiger partial charge is 0.0625 e. The molecule has 1 saturated carbocycles. The van der Waals surface area contributed by atoms with Crippen LogP contribution in [-0.2, 0) is 0 Å². The molecule has 1 aliphatic rings. The zero-order valence-corrected chi connectivity index (χ0v) is 3.49. The highest BCUT2D eigenvalue weighted by atomic mass is 14.1. The molecule has 28 valence electrons. The molecule has 0 spiro atoms. The summed E-state index contributed by atoms with van der Waals surface area (Å²) in [7, 11) is 0. The molecule has 5 heavy (non-hydrogen) atoms. The van der Waals surface area contributed by atoms with Crippen molar-refractivity contribution in [3.05, 3.63) is 6.42 Å². The van der Waals surface area contributed by atoms with Crippen molar-refractivity contribution < 1.29 is 0 Å². The van der Waals surface area contributed by atoms with Gasteiger partial charge in [-0.25, -0.2) is 0 Å². The Kier molecular flexibility index (Phi) is 0.640. The molecule has 1 fully saturated rings. The van der Waals surface area contributed by atoms with Gasteiger partial charge in [0.05, 0.1) is 0 Å². The number of hydrogen-bond acceptors (Lipinski definition) is 0. The van der Waals surface area contributed by atoms with Gasteiger partial charge < -0.3 is 0 Å². The minimum Gasteiger partial charge on any atom is -0.0625 e. The van der Waals surface area contributed by atoms with Crippen LogP contribution >= 0.6 is 0 Å². The highest BCUT2D eigenvalue weighted by molar-refractivity contribution is 4.81. The van der Waals surface area contributed by atoms with Crippen LogP contribution in [0.25, 0.3) is 0 Å². The van der Waals surface area contributed by atoms with Gasteiger partial charge in [-0.05, 0) is 25.2 Å². The van der Waals surface area contributed by atoms with Crippen molar-refractivity contribution in [1.29, 1.82) is 0 Å². The normalized spacial score (nSPS) is 25.8. The van der Waals surface area contributed by atoms with Crippen molar-refractivity contribution in [1.82, 2.24) is 0 Å². The zero-order valence-electron chi connectivity index (χ0n) is 3.49. The lowest BCUT2D eigenvalue weighted by molar-refractivity contribution is 0.451. The average molecular weight is 68.1 g/mol. The lowest BCUT2D eigenvalue weighted by Gasteiger charge is -2.17. The number of hydrogen-bond donors (Lipinski definition) is 0. The minimum atomic E-state index is 0.954. The van der Waals surface area contributed by atoms with Crippen LogP contribution in [0.15, 0.2) is 0 Å². The molecule has 0 nitrogen and oxygen atoms in total. The molecular weight excluding hydrogens is 60.1 g/mol. The van der Waals surface area contributed by atoms with Crippen molar-refractivity contribution in [3.8, 4) is 0 Å². The minimum absolute atomic E-state index is 0.954.